The molecule has 2 atom stereocenters. The van der Waals surface area contributed by atoms with Gasteiger partial charge in [0, 0.05) is 32.4 Å². The number of nitro benzene ring substituents is 1. The Labute approximate surface area is 187 Å². The number of aryl methyl sites for hydroxylation is 1. The van der Waals surface area contributed by atoms with Gasteiger partial charge < -0.3 is 14.8 Å². The molecular weight excluding hydrogens is 428 g/mol. The second-order valence-corrected chi connectivity index (χ2v) is 7.76. The minimum Gasteiger partial charge on any atom is -0.394 e. The van der Waals surface area contributed by atoms with Crippen molar-refractivity contribution in [3.8, 4) is 11.3 Å². The van der Waals surface area contributed by atoms with E-state index in [4.69, 9.17) is 0 Å². The molecule has 0 aliphatic heterocycles. The van der Waals surface area contributed by atoms with E-state index in [1.165, 1.54) is 35.9 Å². The van der Waals surface area contributed by atoms with Crippen molar-refractivity contribution in [1.82, 2.24) is 13.7 Å². The number of aliphatic hydroxyl groups is 2. The molecule has 33 heavy (non-hydrogen) atoms. The van der Waals surface area contributed by atoms with Crippen LogP contribution in [0.4, 0.5) is 5.69 Å². The first kappa shape index (κ1) is 22.2. The van der Waals surface area contributed by atoms with Gasteiger partial charge in [0.15, 0.2) is 0 Å². The average Bonchev–Trinajstić information content (AvgIpc) is 3.23. The number of hydrogen-bond acceptors (Lipinski definition) is 6. The van der Waals surface area contributed by atoms with Crippen LogP contribution in [0.1, 0.15) is 17.7 Å². The molecule has 0 aliphatic carbocycles. The number of rotatable bonds is 6. The van der Waals surface area contributed by atoms with Gasteiger partial charge in [0.2, 0.25) is 0 Å². The summed E-state index contributed by atoms with van der Waals surface area (Å²) in [6, 6.07) is 13.5. The number of nitrogens with zero attached hydrogens (tertiary/aromatic N) is 4. The molecule has 4 rings (SSSR count). The van der Waals surface area contributed by atoms with Crippen molar-refractivity contribution in [3.05, 3.63) is 97.3 Å². The Morgan fingerprint density at radius 2 is 1.64 bits per heavy atom. The molecule has 0 saturated heterocycles. The topological polar surface area (TPSA) is 133 Å². The number of nitro groups is 1. The number of hydrogen-bond donors (Lipinski definition) is 2. The van der Waals surface area contributed by atoms with E-state index >= 15 is 0 Å². The Morgan fingerprint density at radius 1 is 1.00 bits per heavy atom. The Bertz CT molecular complexity index is 1450. The lowest BCUT2D eigenvalue weighted by molar-refractivity contribution is -0.384. The second kappa shape index (κ2) is 8.49. The van der Waals surface area contributed by atoms with Crippen molar-refractivity contribution < 1.29 is 15.1 Å². The van der Waals surface area contributed by atoms with Crippen LogP contribution in [0.2, 0.25) is 0 Å². The van der Waals surface area contributed by atoms with E-state index in [2.05, 4.69) is 0 Å². The van der Waals surface area contributed by atoms with E-state index in [1.54, 1.807) is 42.1 Å². The molecule has 2 unspecified atom stereocenters. The summed E-state index contributed by atoms with van der Waals surface area (Å²) in [5.41, 5.74) is 0.712. The number of benzene rings is 2. The number of aromatic nitrogens is 3. The van der Waals surface area contributed by atoms with Crippen LogP contribution in [0.3, 0.4) is 0 Å². The van der Waals surface area contributed by atoms with E-state index in [-0.39, 0.29) is 11.1 Å². The Kier molecular flexibility index (Phi) is 5.71. The molecule has 170 valence electrons. The summed E-state index contributed by atoms with van der Waals surface area (Å²) in [6.07, 6.45) is 0.316. The third-order valence-electron chi connectivity index (χ3n) is 5.87. The zero-order valence-corrected chi connectivity index (χ0v) is 18.0. The van der Waals surface area contributed by atoms with Crippen molar-refractivity contribution in [2.45, 2.75) is 12.1 Å². The molecule has 2 heterocycles. The van der Waals surface area contributed by atoms with E-state index < -0.39 is 34.9 Å². The molecule has 10 heteroatoms. The van der Waals surface area contributed by atoms with Gasteiger partial charge in [-0.15, -0.1) is 0 Å². The lowest BCUT2D eigenvalue weighted by Gasteiger charge is -2.25. The van der Waals surface area contributed by atoms with Crippen molar-refractivity contribution in [2.24, 2.45) is 14.1 Å². The summed E-state index contributed by atoms with van der Waals surface area (Å²) in [6.45, 7) is -0.493. The molecule has 2 N–H and O–H groups in total. The lowest BCUT2D eigenvalue weighted by atomic mass is 10.0. The first-order valence-corrected chi connectivity index (χ1v) is 10.2. The summed E-state index contributed by atoms with van der Waals surface area (Å²) in [7, 11) is 2.94. The monoisotopic (exact) mass is 450 g/mol. The first-order valence-electron chi connectivity index (χ1n) is 10.2. The highest BCUT2D eigenvalue weighted by Gasteiger charge is 2.28. The van der Waals surface area contributed by atoms with E-state index in [0.717, 1.165) is 4.57 Å². The summed E-state index contributed by atoms with van der Waals surface area (Å²) in [5, 5.41) is 32.6. The van der Waals surface area contributed by atoms with Crippen LogP contribution in [0.25, 0.3) is 22.2 Å². The van der Waals surface area contributed by atoms with Crippen molar-refractivity contribution in [2.75, 3.05) is 6.61 Å². The molecule has 0 amide bonds. The van der Waals surface area contributed by atoms with Gasteiger partial charge >= 0.3 is 5.69 Å². The number of non-ortho nitro benzene ring substituents is 1. The molecule has 0 aliphatic rings. The minimum absolute atomic E-state index is 0.123. The predicted molar refractivity (Wildman–Crippen MR) is 122 cm³/mol. The van der Waals surface area contributed by atoms with Crippen molar-refractivity contribution >= 4 is 16.6 Å². The maximum absolute atomic E-state index is 13.1. The van der Waals surface area contributed by atoms with E-state index in [0.29, 0.717) is 22.3 Å². The van der Waals surface area contributed by atoms with Gasteiger partial charge in [-0.3, -0.25) is 24.0 Å². The zero-order valence-electron chi connectivity index (χ0n) is 18.0. The maximum Gasteiger partial charge on any atom is 0.330 e. The normalized spacial score (nSPS) is 13.2. The molecule has 0 fully saturated rings. The molecule has 2 aromatic carbocycles. The fraction of sp³-hybridized carbons (Fsp3) is 0.217. The minimum atomic E-state index is -1.25. The highest BCUT2D eigenvalue weighted by molar-refractivity contribution is 5.93. The molecule has 0 saturated carbocycles. The van der Waals surface area contributed by atoms with Crippen molar-refractivity contribution in [1.29, 1.82) is 0 Å². The third kappa shape index (κ3) is 3.65. The van der Waals surface area contributed by atoms with Crippen LogP contribution in [0, 0.1) is 10.1 Å². The SMILES string of the molecule is Cn1c(=O)c2c(-c3ccccc3)n(C(CO)C(O)c3ccc([N+](=O)[O-])cc3)cc2n(C)c1=O. The molecule has 10 nitrogen and oxygen atoms in total. The van der Waals surface area contributed by atoms with Crippen molar-refractivity contribution in [3.63, 3.8) is 0 Å². The van der Waals surface area contributed by atoms with E-state index in [9.17, 15) is 29.9 Å². The quantitative estimate of drug-likeness (QED) is 0.340. The summed E-state index contributed by atoms with van der Waals surface area (Å²) >= 11 is 0. The van der Waals surface area contributed by atoms with Gasteiger partial charge in [-0.05, 0) is 23.3 Å². The average molecular weight is 450 g/mol. The Morgan fingerprint density at radius 3 is 2.21 bits per heavy atom. The molecule has 0 spiro atoms. The number of aliphatic hydroxyl groups excluding tert-OH is 2. The lowest BCUT2D eigenvalue weighted by Crippen LogP contribution is -2.36. The molecule has 4 aromatic rings. The van der Waals surface area contributed by atoms with Gasteiger partial charge in [0.1, 0.15) is 6.10 Å². The van der Waals surface area contributed by atoms with Crippen LogP contribution in [-0.2, 0) is 14.1 Å². The fourth-order valence-corrected chi connectivity index (χ4v) is 4.07. The molecule has 0 radical (unpaired) electrons. The Balaban J connectivity index is 1.98. The van der Waals surface area contributed by atoms with Crippen LogP contribution in [0.5, 0.6) is 0 Å². The standard InChI is InChI=1S/C23H22N4O6/c1-24-17-12-26(18(13-28)21(29)15-8-10-16(11-9-15)27(32)33)20(14-6-4-3-5-7-14)19(17)22(30)25(2)23(24)31/h3-12,18,21,28-29H,13H2,1-2H3. The largest absolute Gasteiger partial charge is 0.394 e. The van der Waals surface area contributed by atoms with E-state index in [1.807, 2.05) is 6.07 Å². The number of fused-ring (bicyclic) bond motifs is 1. The summed E-state index contributed by atoms with van der Waals surface area (Å²) in [5.74, 6) is 0. The van der Waals surface area contributed by atoms with Gasteiger partial charge in [0.05, 0.1) is 34.2 Å². The molecule has 0 bridgehead atoms. The van der Waals surface area contributed by atoms with Gasteiger partial charge in [-0.1, -0.05) is 30.3 Å². The predicted octanol–water partition coefficient (Wildman–Crippen LogP) is 1.88. The van der Waals surface area contributed by atoms with Gasteiger partial charge in [0.25, 0.3) is 11.2 Å². The smallest absolute Gasteiger partial charge is 0.330 e. The van der Waals surface area contributed by atoms with Crippen LogP contribution in [0.15, 0.2) is 70.4 Å². The molecular formula is C23H22N4O6. The fourth-order valence-electron chi connectivity index (χ4n) is 4.07. The summed E-state index contributed by atoms with van der Waals surface area (Å²) in [4.78, 5) is 36.0. The zero-order chi connectivity index (χ0) is 23.9. The molecule has 2 aromatic heterocycles. The van der Waals surface area contributed by atoms with Gasteiger partial charge in [-0.25, -0.2) is 4.79 Å². The second-order valence-electron chi connectivity index (χ2n) is 7.76. The summed E-state index contributed by atoms with van der Waals surface area (Å²) < 4.78 is 3.94. The highest BCUT2D eigenvalue weighted by atomic mass is 16.6. The Hall–Kier alpha value is -4.02. The third-order valence-corrected chi connectivity index (χ3v) is 5.87. The van der Waals surface area contributed by atoms with Gasteiger partial charge in [-0.2, -0.15) is 0 Å². The highest BCUT2D eigenvalue weighted by Crippen LogP contribution is 2.35. The van der Waals surface area contributed by atoms with Crippen LogP contribution in [-0.4, -0.2) is 35.4 Å². The first-order chi connectivity index (χ1) is 15.8. The van der Waals surface area contributed by atoms with Crippen LogP contribution < -0.4 is 11.2 Å². The van der Waals surface area contributed by atoms with Crippen LogP contribution >= 0.6 is 0 Å². The maximum atomic E-state index is 13.1.